The number of aliphatic carboxylic acids is 1. The van der Waals surface area contributed by atoms with Crippen LogP contribution in [0.3, 0.4) is 0 Å². The number of urea groups is 1. The van der Waals surface area contributed by atoms with E-state index in [0.717, 1.165) is 0 Å². The van der Waals surface area contributed by atoms with Gasteiger partial charge in [0.2, 0.25) is 0 Å². The standard InChI is InChI=1S/C28H35N3O8/c1-4-28(2,3)25(34)37-14-15-38-27(36)30-21-10-6-12-23(17-21)39-22-11-5-9-20(16-22)29-26(35)31-13-7-8-19(18-31)24(32)33/h5-6,9-12,16-17,19H,4,7-8,13-15,18H2,1-3H3,(H,29,35)(H,30,36)(H,32,33). The number of ether oxygens (including phenoxy) is 3. The minimum absolute atomic E-state index is 0.0381. The lowest BCUT2D eigenvalue weighted by Gasteiger charge is -2.30. The molecule has 1 atom stereocenters. The summed E-state index contributed by atoms with van der Waals surface area (Å²) in [7, 11) is 0. The van der Waals surface area contributed by atoms with Crippen molar-refractivity contribution in [3.63, 3.8) is 0 Å². The van der Waals surface area contributed by atoms with E-state index in [1.165, 1.54) is 4.90 Å². The molecule has 0 saturated carbocycles. The van der Waals surface area contributed by atoms with Crippen molar-refractivity contribution in [2.45, 2.75) is 40.0 Å². The van der Waals surface area contributed by atoms with Crippen LogP contribution in [0.15, 0.2) is 48.5 Å². The maximum absolute atomic E-state index is 12.6. The van der Waals surface area contributed by atoms with Crippen LogP contribution >= 0.6 is 0 Å². The number of carboxylic acid groups (broad SMARTS) is 1. The Morgan fingerprint density at radius 2 is 1.59 bits per heavy atom. The Hall–Kier alpha value is -4.28. The number of anilines is 2. The smallest absolute Gasteiger partial charge is 0.411 e. The number of rotatable bonds is 10. The largest absolute Gasteiger partial charge is 0.481 e. The molecule has 11 heteroatoms. The molecule has 0 spiro atoms. The zero-order valence-corrected chi connectivity index (χ0v) is 22.4. The molecule has 210 valence electrons. The quantitative estimate of drug-likeness (QED) is 0.270. The summed E-state index contributed by atoms with van der Waals surface area (Å²) in [6.07, 6.45) is 1.13. The van der Waals surface area contributed by atoms with Crippen molar-refractivity contribution >= 4 is 35.4 Å². The summed E-state index contributed by atoms with van der Waals surface area (Å²) in [6.45, 7) is 6.02. The molecule has 3 amide bonds. The van der Waals surface area contributed by atoms with Gasteiger partial charge in [0.25, 0.3) is 0 Å². The molecule has 1 fully saturated rings. The Bertz CT molecular complexity index is 1180. The van der Waals surface area contributed by atoms with Crippen molar-refractivity contribution in [3.05, 3.63) is 48.5 Å². The average molecular weight is 542 g/mol. The zero-order chi connectivity index (χ0) is 28.4. The molecule has 0 aliphatic carbocycles. The first-order chi connectivity index (χ1) is 18.6. The summed E-state index contributed by atoms with van der Waals surface area (Å²) in [5, 5.41) is 14.6. The molecule has 3 N–H and O–H groups in total. The molecule has 1 unspecified atom stereocenters. The van der Waals surface area contributed by atoms with Gasteiger partial charge in [-0.3, -0.25) is 14.9 Å². The molecule has 2 aromatic rings. The van der Waals surface area contributed by atoms with Gasteiger partial charge < -0.3 is 29.5 Å². The number of piperidine rings is 1. The van der Waals surface area contributed by atoms with Gasteiger partial charge in [0.05, 0.1) is 11.3 Å². The van der Waals surface area contributed by atoms with Crippen LogP contribution in [0.4, 0.5) is 21.0 Å². The number of carboxylic acids is 1. The predicted molar refractivity (Wildman–Crippen MR) is 144 cm³/mol. The fraction of sp³-hybridized carbons (Fsp3) is 0.429. The van der Waals surface area contributed by atoms with E-state index in [4.69, 9.17) is 14.2 Å². The number of esters is 1. The van der Waals surface area contributed by atoms with Gasteiger partial charge in [-0.05, 0) is 57.4 Å². The Kier molecular flexibility index (Phi) is 10.1. The average Bonchev–Trinajstić information content (AvgIpc) is 2.91. The molecule has 11 nitrogen and oxygen atoms in total. The number of nitrogens with one attached hydrogen (secondary N) is 2. The molecule has 0 radical (unpaired) electrons. The zero-order valence-electron chi connectivity index (χ0n) is 22.4. The number of likely N-dealkylation sites (tertiary alicyclic amines) is 1. The van der Waals surface area contributed by atoms with Crippen LogP contribution in [-0.4, -0.2) is 60.4 Å². The molecule has 3 rings (SSSR count). The lowest BCUT2D eigenvalue weighted by molar-refractivity contribution is -0.155. The fourth-order valence-corrected chi connectivity index (χ4v) is 3.74. The first kappa shape index (κ1) is 29.3. The van der Waals surface area contributed by atoms with E-state index >= 15 is 0 Å². The van der Waals surface area contributed by atoms with Gasteiger partial charge in [-0.1, -0.05) is 19.1 Å². The lowest BCUT2D eigenvalue weighted by Crippen LogP contribution is -2.44. The van der Waals surface area contributed by atoms with Gasteiger partial charge in [-0.15, -0.1) is 0 Å². The van der Waals surface area contributed by atoms with E-state index in [0.29, 0.717) is 48.7 Å². The molecule has 1 saturated heterocycles. The fourth-order valence-electron chi connectivity index (χ4n) is 3.74. The van der Waals surface area contributed by atoms with Gasteiger partial charge in [-0.2, -0.15) is 0 Å². The molecule has 39 heavy (non-hydrogen) atoms. The minimum atomic E-state index is -0.898. The van der Waals surface area contributed by atoms with Crippen LogP contribution in [0.25, 0.3) is 0 Å². The molecular formula is C28H35N3O8. The third-order valence-corrected chi connectivity index (χ3v) is 6.45. The number of benzene rings is 2. The SMILES string of the molecule is CCC(C)(C)C(=O)OCCOC(=O)Nc1cccc(Oc2cccc(NC(=O)N3CCCC(C(=O)O)C3)c2)c1. The highest BCUT2D eigenvalue weighted by atomic mass is 16.6. The van der Waals surface area contributed by atoms with Crippen molar-refractivity contribution in [1.29, 1.82) is 0 Å². The molecular weight excluding hydrogens is 506 g/mol. The second-order valence-corrected chi connectivity index (χ2v) is 9.85. The number of nitrogens with zero attached hydrogens (tertiary/aromatic N) is 1. The van der Waals surface area contributed by atoms with Crippen molar-refractivity contribution in [1.82, 2.24) is 4.90 Å². The van der Waals surface area contributed by atoms with E-state index in [1.807, 2.05) is 6.92 Å². The summed E-state index contributed by atoms with van der Waals surface area (Å²) in [5.74, 6) is -0.919. The summed E-state index contributed by atoms with van der Waals surface area (Å²) in [4.78, 5) is 49.5. The number of amides is 3. The molecule has 0 bridgehead atoms. The second-order valence-electron chi connectivity index (χ2n) is 9.85. The summed E-state index contributed by atoms with van der Waals surface area (Å²) in [5.41, 5.74) is 0.340. The first-order valence-corrected chi connectivity index (χ1v) is 12.8. The highest BCUT2D eigenvalue weighted by molar-refractivity contribution is 5.90. The van der Waals surface area contributed by atoms with Gasteiger partial charge in [-0.25, -0.2) is 9.59 Å². The Balaban J connectivity index is 1.50. The second kappa shape index (κ2) is 13.5. The number of carbonyl (C=O) groups excluding carboxylic acids is 3. The van der Waals surface area contributed by atoms with E-state index in [-0.39, 0.29) is 31.8 Å². The van der Waals surface area contributed by atoms with E-state index in [1.54, 1.807) is 62.4 Å². The summed E-state index contributed by atoms with van der Waals surface area (Å²) in [6, 6.07) is 13.1. The molecule has 1 aliphatic heterocycles. The van der Waals surface area contributed by atoms with E-state index in [2.05, 4.69) is 10.6 Å². The number of hydrogen-bond acceptors (Lipinski definition) is 7. The van der Waals surface area contributed by atoms with Crippen LogP contribution in [0.5, 0.6) is 11.5 Å². The van der Waals surface area contributed by atoms with Crippen LogP contribution in [0.2, 0.25) is 0 Å². The summed E-state index contributed by atoms with van der Waals surface area (Å²) < 4.78 is 16.1. The lowest BCUT2D eigenvalue weighted by atomic mass is 9.91. The van der Waals surface area contributed by atoms with E-state index < -0.39 is 23.4 Å². The van der Waals surface area contributed by atoms with Crippen molar-refractivity contribution in [2.75, 3.05) is 36.9 Å². The Morgan fingerprint density at radius 3 is 2.21 bits per heavy atom. The molecule has 0 aromatic heterocycles. The van der Waals surface area contributed by atoms with Gasteiger partial charge >= 0.3 is 24.1 Å². The van der Waals surface area contributed by atoms with Crippen LogP contribution < -0.4 is 15.4 Å². The maximum atomic E-state index is 12.6. The third-order valence-electron chi connectivity index (χ3n) is 6.45. The van der Waals surface area contributed by atoms with Crippen molar-refractivity contribution in [3.8, 4) is 11.5 Å². The number of carbonyl (C=O) groups is 4. The molecule has 1 heterocycles. The summed E-state index contributed by atoms with van der Waals surface area (Å²) >= 11 is 0. The van der Waals surface area contributed by atoms with Crippen molar-refractivity contribution in [2.24, 2.45) is 11.3 Å². The van der Waals surface area contributed by atoms with Crippen molar-refractivity contribution < 1.29 is 38.5 Å². The highest BCUT2D eigenvalue weighted by Crippen LogP contribution is 2.27. The minimum Gasteiger partial charge on any atom is -0.481 e. The predicted octanol–water partition coefficient (Wildman–Crippen LogP) is 5.34. The van der Waals surface area contributed by atoms with Gasteiger partial charge in [0.15, 0.2) is 0 Å². The van der Waals surface area contributed by atoms with Crippen LogP contribution in [-0.2, 0) is 19.1 Å². The normalized spacial score (nSPS) is 15.2. The Morgan fingerprint density at radius 1 is 0.974 bits per heavy atom. The number of hydrogen-bond donors (Lipinski definition) is 3. The van der Waals surface area contributed by atoms with E-state index in [9.17, 15) is 24.3 Å². The third kappa shape index (κ3) is 8.91. The maximum Gasteiger partial charge on any atom is 0.411 e. The topological polar surface area (TPSA) is 144 Å². The van der Waals surface area contributed by atoms with Crippen LogP contribution in [0.1, 0.15) is 40.0 Å². The monoisotopic (exact) mass is 541 g/mol. The van der Waals surface area contributed by atoms with Gasteiger partial charge in [0.1, 0.15) is 24.7 Å². The molecule has 1 aliphatic rings. The highest BCUT2D eigenvalue weighted by Gasteiger charge is 2.28. The Labute approximate surface area is 227 Å². The van der Waals surface area contributed by atoms with Gasteiger partial charge in [0, 0.05) is 36.6 Å². The molecule has 2 aromatic carbocycles. The van der Waals surface area contributed by atoms with Crippen LogP contribution in [0, 0.1) is 11.3 Å². The first-order valence-electron chi connectivity index (χ1n) is 12.8.